The second-order valence-corrected chi connectivity index (χ2v) is 3.52. The van der Waals surface area contributed by atoms with Crippen LogP contribution in [-0.2, 0) is 9.47 Å². The van der Waals surface area contributed by atoms with E-state index in [1.807, 2.05) is 0 Å². The Kier molecular flexibility index (Phi) is 5.59. The maximum atomic E-state index is 9.53. The SMILES string of the molecule is [N-]=[N+]=NCCO[C@@H]1OC(CO)[C@@H](O)C(O)[C@@H]1O. The van der Waals surface area contributed by atoms with Gasteiger partial charge in [-0.2, -0.15) is 0 Å². The van der Waals surface area contributed by atoms with Gasteiger partial charge in [-0.15, -0.1) is 0 Å². The zero-order valence-corrected chi connectivity index (χ0v) is 8.96. The Morgan fingerprint density at radius 1 is 1.24 bits per heavy atom. The largest absolute Gasteiger partial charge is 0.394 e. The Balaban J connectivity index is 2.50. The molecule has 0 aliphatic carbocycles. The van der Waals surface area contributed by atoms with Crippen molar-refractivity contribution in [2.24, 2.45) is 5.11 Å². The van der Waals surface area contributed by atoms with Gasteiger partial charge in [0.05, 0.1) is 13.2 Å². The fraction of sp³-hybridized carbons (Fsp3) is 1.00. The predicted octanol–water partition coefficient (Wildman–Crippen LogP) is -1.89. The number of ether oxygens (including phenoxy) is 2. The fourth-order valence-electron chi connectivity index (χ4n) is 1.46. The van der Waals surface area contributed by atoms with E-state index in [1.165, 1.54) is 0 Å². The van der Waals surface area contributed by atoms with Gasteiger partial charge in [-0.25, -0.2) is 0 Å². The molecule has 0 amide bonds. The average molecular weight is 249 g/mol. The summed E-state index contributed by atoms with van der Waals surface area (Å²) in [7, 11) is 0. The number of aliphatic hydroxyl groups excluding tert-OH is 4. The molecule has 0 aromatic carbocycles. The van der Waals surface area contributed by atoms with E-state index in [2.05, 4.69) is 10.0 Å². The lowest BCUT2D eigenvalue weighted by atomic mass is 9.99. The molecule has 1 rings (SSSR count). The minimum absolute atomic E-state index is 0.00719. The Morgan fingerprint density at radius 2 is 1.94 bits per heavy atom. The maximum Gasteiger partial charge on any atom is 0.186 e. The molecule has 0 aromatic rings. The smallest absolute Gasteiger partial charge is 0.186 e. The van der Waals surface area contributed by atoms with Crippen molar-refractivity contribution < 1.29 is 29.9 Å². The van der Waals surface area contributed by atoms with Crippen LogP contribution in [0.1, 0.15) is 0 Å². The molecule has 1 heterocycles. The number of aliphatic hydroxyl groups is 4. The number of hydrogen-bond donors (Lipinski definition) is 4. The lowest BCUT2D eigenvalue weighted by Crippen LogP contribution is -2.59. The number of azide groups is 1. The number of hydrogen-bond acceptors (Lipinski definition) is 7. The molecule has 1 aliphatic heterocycles. The van der Waals surface area contributed by atoms with Crippen LogP contribution in [0.5, 0.6) is 0 Å². The highest BCUT2D eigenvalue weighted by Gasteiger charge is 2.43. The highest BCUT2D eigenvalue weighted by molar-refractivity contribution is 4.88. The predicted molar refractivity (Wildman–Crippen MR) is 53.7 cm³/mol. The molecule has 1 aliphatic rings. The van der Waals surface area contributed by atoms with Crippen LogP contribution in [0.2, 0.25) is 0 Å². The first-order valence-corrected chi connectivity index (χ1v) is 5.04. The Morgan fingerprint density at radius 3 is 2.53 bits per heavy atom. The summed E-state index contributed by atoms with van der Waals surface area (Å²) in [6.07, 6.45) is -6.49. The molecular formula is C8H15N3O6. The third-order valence-electron chi connectivity index (χ3n) is 2.39. The first-order chi connectivity index (χ1) is 8.11. The van der Waals surface area contributed by atoms with Crippen LogP contribution in [0.4, 0.5) is 0 Å². The zero-order valence-electron chi connectivity index (χ0n) is 8.96. The Hall–Kier alpha value is -0.930. The fourth-order valence-corrected chi connectivity index (χ4v) is 1.46. The summed E-state index contributed by atoms with van der Waals surface area (Å²) in [6.45, 7) is -0.473. The molecule has 0 radical (unpaired) electrons. The molecular weight excluding hydrogens is 234 g/mol. The molecule has 98 valence electrons. The third-order valence-corrected chi connectivity index (χ3v) is 2.39. The van der Waals surface area contributed by atoms with Crippen LogP contribution < -0.4 is 0 Å². The van der Waals surface area contributed by atoms with Crippen molar-refractivity contribution in [3.63, 3.8) is 0 Å². The molecule has 1 fully saturated rings. The Labute approximate surface area is 96.8 Å². The van der Waals surface area contributed by atoms with E-state index < -0.39 is 37.3 Å². The third kappa shape index (κ3) is 3.51. The number of rotatable bonds is 5. The summed E-state index contributed by atoms with van der Waals surface area (Å²) in [4.78, 5) is 2.51. The summed E-state index contributed by atoms with van der Waals surface area (Å²) >= 11 is 0. The average Bonchev–Trinajstić information content (AvgIpc) is 2.34. The summed E-state index contributed by atoms with van der Waals surface area (Å²) in [5.74, 6) is 0. The Bertz CT molecular complexity index is 282. The van der Waals surface area contributed by atoms with Gasteiger partial charge in [0, 0.05) is 11.5 Å². The molecule has 0 saturated carbocycles. The molecule has 2 unspecified atom stereocenters. The van der Waals surface area contributed by atoms with Crippen molar-refractivity contribution in [1.82, 2.24) is 0 Å². The molecule has 0 aromatic heterocycles. The lowest BCUT2D eigenvalue weighted by Gasteiger charge is -2.39. The van der Waals surface area contributed by atoms with Crippen molar-refractivity contribution in [2.45, 2.75) is 30.7 Å². The van der Waals surface area contributed by atoms with Crippen LogP contribution in [-0.4, -0.2) is 70.9 Å². The van der Waals surface area contributed by atoms with Crippen LogP contribution in [0.15, 0.2) is 5.11 Å². The molecule has 1 saturated heterocycles. The van der Waals surface area contributed by atoms with Crippen molar-refractivity contribution in [2.75, 3.05) is 19.8 Å². The molecule has 9 nitrogen and oxygen atoms in total. The molecule has 9 heteroatoms. The minimum Gasteiger partial charge on any atom is -0.394 e. The highest BCUT2D eigenvalue weighted by Crippen LogP contribution is 2.21. The van der Waals surface area contributed by atoms with E-state index in [0.717, 1.165) is 0 Å². The van der Waals surface area contributed by atoms with E-state index in [0.29, 0.717) is 0 Å². The highest BCUT2D eigenvalue weighted by atomic mass is 16.7. The van der Waals surface area contributed by atoms with Gasteiger partial charge in [0.25, 0.3) is 0 Å². The molecule has 5 atom stereocenters. The molecule has 4 N–H and O–H groups in total. The van der Waals surface area contributed by atoms with E-state index in [1.54, 1.807) is 0 Å². The summed E-state index contributed by atoms with van der Waals surface area (Å²) in [6, 6.07) is 0. The van der Waals surface area contributed by atoms with E-state index in [9.17, 15) is 15.3 Å². The summed E-state index contributed by atoms with van der Waals surface area (Å²) in [5.41, 5.74) is 8.03. The van der Waals surface area contributed by atoms with Crippen molar-refractivity contribution in [3.8, 4) is 0 Å². The van der Waals surface area contributed by atoms with Gasteiger partial charge in [0.2, 0.25) is 0 Å². The van der Waals surface area contributed by atoms with Gasteiger partial charge in [0.15, 0.2) is 6.29 Å². The molecule has 0 bridgehead atoms. The minimum atomic E-state index is -1.47. The topological polar surface area (TPSA) is 148 Å². The first kappa shape index (κ1) is 14.1. The first-order valence-electron chi connectivity index (χ1n) is 5.04. The van der Waals surface area contributed by atoms with Gasteiger partial charge in [-0.1, -0.05) is 5.11 Å². The van der Waals surface area contributed by atoms with Gasteiger partial charge < -0.3 is 29.9 Å². The van der Waals surface area contributed by atoms with Crippen molar-refractivity contribution >= 4 is 0 Å². The van der Waals surface area contributed by atoms with E-state index >= 15 is 0 Å². The quantitative estimate of drug-likeness (QED) is 0.194. The zero-order chi connectivity index (χ0) is 12.8. The normalized spacial score (nSPS) is 37.5. The van der Waals surface area contributed by atoms with Gasteiger partial charge in [0.1, 0.15) is 24.4 Å². The number of nitrogens with zero attached hydrogens (tertiary/aromatic N) is 3. The second-order valence-electron chi connectivity index (χ2n) is 3.52. The molecule has 0 spiro atoms. The van der Waals surface area contributed by atoms with Crippen LogP contribution in [0.25, 0.3) is 10.4 Å². The van der Waals surface area contributed by atoms with Crippen molar-refractivity contribution in [1.29, 1.82) is 0 Å². The summed E-state index contributed by atoms with van der Waals surface area (Å²) < 4.78 is 10.1. The van der Waals surface area contributed by atoms with Gasteiger partial charge in [-0.3, -0.25) is 0 Å². The molecule has 17 heavy (non-hydrogen) atoms. The lowest BCUT2D eigenvalue weighted by molar-refractivity contribution is -0.300. The van der Waals surface area contributed by atoms with E-state index in [4.69, 9.17) is 20.1 Å². The van der Waals surface area contributed by atoms with Crippen LogP contribution in [0.3, 0.4) is 0 Å². The summed E-state index contributed by atoms with van der Waals surface area (Å²) in [5, 5.41) is 40.5. The standard InChI is InChI=1S/C8H15N3O6/c9-11-10-1-2-16-8-7(15)6(14)5(13)4(3-12)17-8/h4-8,12-15H,1-3H2/t4?,5-,6?,7+,8-/m1/s1. The second kappa shape index (κ2) is 6.72. The van der Waals surface area contributed by atoms with E-state index in [-0.39, 0.29) is 13.2 Å². The monoisotopic (exact) mass is 249 g/mol. The van der Waals surface area contributed by atoms with Gasteiger partial charge >= 0.3 is 0 Å². The van der Waals surface area contributed by atoms with Crippen LogP contribution >= 0.6 is 0 Å². The van der Waals surface area contributed by atoms with Gasteiger partial charge in [-0.05, 0) is 5.53 Å². The van der Waals surface area contributed by atoms with Crippen molar-refractivity contribution in [3.05, 3.63) is 10.4 Å². The maximum absolute atomic E-state index is 9.53. The van der Waals surface area contributed by atoms with Crippen LogP contribution in [0, 0.1) is 0 Å².